The molecule has 5 nitrogen and oxygen atoms in total. The van der Waals surface area contributed by atoms with Gasteiger partial charge < -0.3 is 5.32 Å². The van der Waals surface area contributed by atoms with Crippen LogP contribution in [-0.2, 0) is 14.9 Å². The van der Waals surface area contributed by atoms with Crippen LogP contribution < -0.4 is 5.32 Å². The number of ketones is 1. The summed E-state index contributed by atoms with van der Waals surface area (Å²) in [7, 11) is -2.74. The fourth-order valence-electron chi connectivity index (χ4n) is 2.34. The second-order valence-corrected chi connectivity index (χ2v) is 7.21. The minimum atomic E-state index is -4.30. The average Bonchev–Trinajstić information content (AvgIpc) is 2.41. The molecule has 7 heteroatoms. The summed E-state index contributed by atoms with van der Waals surface area (Å²) >= 11 is 0. The molecule has 0 heterocycles. The van der Waals surface area contributed by atoms with Gasteiger partial charge in [0.05, 0.1) is 0 Å². The zero-order valence-corrected chi connectivity index (χ0v) is 14.3. The summed E-state index contributed by atoms with van der Waals surface area (Å²) in [5.74, 6) is -0.394. The summed E-state index contributed by atoms with van der Waals surface area (Å²) in [4.78, 5) is 11.8. The van der Waals surface area contributed by atoms with Gasteiger partial charge in [0.25, 0.3) is 10.1 Å². The van der Waals surface area contributed by atoms with Crippen molar-refractivity contribution in [2.45, 2.75) is 76.4 Å². The molecule has 2 N–H and O–H groups in total. The summed E-state index contributed by atoms with van der Waals surface area (Å²) in [5, 5.41) is 1.31. The van der Waals surface area contributed by atoms with Crippen LogP contribution in [0.3, 0.4) is 0 Å². The summed E-state index contributed by atoms with van der Waals surface area (Å²) in [5.41, 5.74) is 0. The van der Waals surface area contributed by atoms with Crippen molar-refractivity contribution in [1.29, 1.82) is 0 Å². The first kappa shape index (κ1) is 24.8. The topological polar surface area (TPSA) is 83.5 Å². The predicted octanol–water partition coefficient (Wildman–Crippen LogP) is 2.30. The molecule has 0 aliphatic carbocycles. The SMILES string of the molecule is CCCCCCCCCCCC(=O)C(CNC)S(=O)(=O)O.[NaH]. The third kappa shape index (κ3) is 13.0. The van der Waals surface area contributed by atoms with Crippen molar-refractivity contribution in [3.05, 3.63) is 0 Å². The van der Waals surface area contributed by atoms with Crippen LogP contribution >= 0.6 is 0 Å². The number of hydrogen-bond donors (Lipinski definition) is 2. The molecule has 0 bridgehead atoms. The van der Waals surface area contributed by atoms with E-state index in [-0.39, 0.29) is 42.5 Å². The van der Waals surface area contributed by atoms with Gasteiger partial charge in [-0.15, -0.1) is 0 Å². The van der Waals surface area contributed by atoms with E-state index >= 15 is 0 Å². The van der Waals surface area contributed by atoms with E-state index < -0.39 is 21.2 Å². The average molecular weight is 345 g/mol. The standard InChI is InChI=1S/C15H31NO4S.Na.H/c1-3-4-5-6-7-8-9-10-11-12-14(17)15(13-16-2)21(18,19)20;;/h15-16H,3-13H2,1-2H3,(H,18,19,20);;. The van der Waals surface area contributed by atoms with Gasteiger partial charge in [0, 0.05) is 13.0 Å². The van der Waals surface area contributed by atoms with E-state index in [0.717, 1.165) is 12.8 Å². The van der Waals surface area contributed by atoms with Crippen molar-refractivity contribution in [1.82, 2.24) is 5.32 Å². The Balaban J connectivity index is 0. The van der Waals surface area contributed by atoms with Gasteiger partial charge in [-0.1, -0.05) is 58.3 Å². The van der Waals surface area contributed by atoms with Crippen LogP contribution in [0, 0.1) is 0 Å². The predicted molar refractivity (Wildman–Crippen MR) is 93.3 cm³/mol. The molecule has 128 valence electrons. The minimum absolute atomic E-state index is 0. The maximum absolute atomic E-state index is 11.8. The van der Waals surface area contributed by atoms with Crippen LogP contribution in [-0.4, -0.2) is 67.2 Å². The molecular weight excluding hydrogens is 313 g/mol. The Labute approximate surface area is 158 Å². The number of unbranched alkanes of at least 4 members (excludes halogenated alkanes) is 8. The zero-order chi connectivity index (χ0) is 16.1. The number of nitrogens with one attached hydrogen (secondary N) is 1. The van der Waals surface area contributed by atoms with Crippen LogP contribution in [0.25, 0.3) is 0 Å². The van der Waals surface area contributed by atoms with Crippen molar-refractivity contribution < 1.29 is 17.8 Å². The first-order chi connectivity index (χ1) is 9.93. The Morgan fingerprint density at radius 2 is 1.45 bits per heavy atom. The number of rotatable bonds is 14. The summed E-state index contributed by atoms with van der Waals surface area (Å²) < 4.78 is 31.3. The molecule has 0 aromatic heterocycles. The molecule has 1 atom stereocenters. The zero-order valence-electron chi connectivity index (χ0n) is 13.4. The van der Waals surface area contributed by atoms with Crippen molar-refractivity contribution in [3.8, 4) is 0 Å². The molecule has 0 radical (unpaired) electrons. The quantitative estimate of drug-likeness (QED) is 0.287. The Morgan fingerprint density at radius 1 is 1.00 bits per heavy atom. The Hall–Kier alpha value is 0.540. The Kier molecular flexibility index (Phi) is 17.0. The molecule has 1 unspecified atom stereocenters. The molecule has 0 fully saturated rings. The number of Topliss-reactive ketones (excluding diaryl/α,β-unsaturated/α-hetero) is 1. The van der Waals surface area contributed by atoms with Gasteiger partial charge in [0.1, 0.15) is 0 Å². The van der Waals surface area contributed by atoms with Gasteiger partial charge in [0.15, 0.2) is 11.0 Å². The molecule has 0 amide bonds. The van der Waals surface area contributed by atoms with Crippen molar-refractivity contribution >= 4 is 45.5 Å². The van der Waals surface area contributed by atoms with E-state index in [9.17, 15) is 13.2 Å². The van der Waals surface area contributed by atoms with Gasteiger partial charge in [-0.25, -0.2) is 0 Å². The second-order valence-electron chi connectivity index (χ2n) is 5.61. The number of hydrogen-bond acceptors (Lipinski definition) is 4. The van der Waals surface area contributed by atoms with Gasteiger partial charge in [-0.3, -0.25) is 9.35 Å². The fraction of sp³-hybridized carbons (Fsp3) is 0.933. The molecule has 0 aliphatic rings. The molecule has 0 rings (SSSR count). The van der Waals surface area contributed by atoms with Crippen LogP contribution in [0.15, 0.2) is 0 Å². The molecule has 0 saturated carbocycles. The van der Waals surface area contributed by atoms with E-state index in [4.69, 9.17) is 4.55 Å². The summed E-state index contributed by atoms with van der Waals surface area (Å²) in [6.07, 6.45) is 10.5. The van der Waals surface area contributed by atoms with E-state index in [0.29, 0.717) is 6.42 Å². The normalized spacial score (nSPS) is 12.7. The third-order valence-electron chi connectivity index (χ3n) is 3.63. The Morgan fingerprint density at radius 3 is 1.86 bits per heavy atom. The monoisotopic (exact) mass is 345 g/mol. The van der Waals surface area contributed by atoms with Crippen LogP contribution in [0.4, 0.5) is 0 Å². The van der Waals surface area contributed by atoms with E-state index in [1.807, 2.05) is 0 Å². The molecule has 0 aliphatic heterocycles. The maximum atomic E-state index is 11.8. The second kappa shape index (κ2) is 15.1. The first-order valence-corrected chi connectivity index (χ1v) is 9.57. The van der Waals surface area contributed by atoms with E-state index in [1.165, 1.54) is 38.5 Å². The van der Waals surface area contributed by atoms with Crippen molar-refractivity contribution in [2.75, 3.05) is 13.6 Å². The number of carbonyl (C=O) groups excluding carboxylic acids is 1. The van der Waals surface area contributed by atoms with E-state index in [1.54, 1.807) is 7.05 Å². The number of carbonyl (C=O) groups is 1. The van der Waals surface area contributed by atoms with Crippen LogP contribution in [0.1, 0.15) is 71.1 Å². The third-order valence-corrected chi connectivity index (χ3v) is 4.78. The molecule has 0 saturated heterocycles. The van der Waals surface area contributed by atoms with Crippen molar-refractivity contribution in [3.63, 3.8) is 0 Å². The molecular formula is C15H32NNaO4S. The summed E-state index contributed by atoms with van der Waals surface area (Å²) in [6, 6.07) is 0. The van der Waals surface area contributed by atoms with Crippen LogP contribution in [0.5, 0.6) is 0 Å². The van der Waals surface area contributed by atoms with Crippen molar-refractivity contribution in [2.24, 2.45) is 0 Å². The van der Waals surface area contributed by atoms with Gasteiger partial charge in [-0.2, -0.15) is 8.42 Å². The van der Waals surface area contributed by atoms with Gasteiger partial charge in [0.2, 0.25) is 0 Å². The van der Waals surface area contributed by atoms with Crippen LogP contribution in [0.2, 0.25) is 0 Å². The molecule has 0 aromatic carbocycles. The summed E-state index contributed by atoms with van der Waals surface area (Å²) in [6.45, 7) is 2.17. The molecule has 22 heavy (non-hydrogen) atoms. The fourth-order valence-corrected chi connectivity index (χ4v) is 3.17. The molecule has 0 spiro atoms. The molecule has 0 aromatic rings. The van der Waals surface area contributed by atoms with Gasteiger partial charge in [-0.05, 0) is 13.5 Å². The Bertz CT molecular complexity index is 374. The van der Waals surface area contributed by atoms with Gasteiger partial charge >= 0.3 is 29.6 Å². The first-order valence-electron chi connectivity index (χ1n) is 8.07. The van der Waals surface area contributed by atoms with E-state index in [2.05, 4.69) is 12.2 Å².